The van der Waals surface area contributed by atoms with E-state index in [1.807, 2.05) is 17.0 Å². The van der Waals surface area contributed by atoms with Crippen LogP contribution in [-0.4, -0.2) is 42.0 Å². The van der Waals surface area contributed by atoms with E-state index in [4.69, 9.17) is 5.26 Å². The summed E-state index contributed by atoms with van der Waals surface area (Å²) in [7, 11) is 0. The molecule has 1 saturated heterocycles. The van der Waals surface area contributed by atoms with Gasteiger partial charge < -0.3 is 9.80 Å². The number of carbonyl (C=O) groups is 1. The summed E-state index contributed by atoms with van der Waals surface area (Å²) < 4.78 is 0. The summed E-state index contributed by atoms with van der Waals surface area (Å²) in [5.74, 6) is 0.838. The minimum absolute atomic E-state index is 0.0411. The number of amides is 1. The molecular weight excluding hydrogens is 320 g/mol. The van der Waals surface area contributed by atoms with E-state index in [2.05, 4.69) is 28.9 Å². The van der Waals surface area contributed by atoms with Crippen LogP contribution >= 0.6 is 11.3 Å². The maximum atomic E-state index is 12.3. The zero-order valence-corrected chi connectivity index (χ0v) is 14.3. The van der Waals surface area contributed by atoms with Gasteiger partial charge in [0.2, 0.25) is 5.91 Å². The van der Waals surface area contributed by atoms with Crippen LogP contribution in [0, 0.1) is 18.3 Å². The molecule has 3 heterocycles. The van der Waals surface area contributed by atoms with E-state index in [0.29, 0.717) is 18.7 Å². The van der Waals surface area contributed by atoms with Gasteiger partial charge in [-0.15, -0.1) is 11.3 Å². The lowest BCUT2D eigenvalue weighted by atomic mass is 10.2. The number of hydrogen-bond acceptors (Lipinski definition) is 5. The number of rotatable bonds is 3. The van der Waals surface area contributed by atoms with Gasteiger partial charge in [-0.1, -0.05) is 0 Å². The molecule has 1 fully saturated rings. The molecule has 1 aliphatic heterocycles. The van der Waals surface area contributed by atoms with Crippen molar-refractivity contribution in [2.75, 3.05) is 31.1 Å². The van der Waals surface area contributed by atoms with Crippen LogP contribution in [0.15, 0.2) is 36.5 Å². The van der Waals surface area contributed by atoms with Gasteiger partial charge in [-0.3, -0.25) is 4.79 Å². The van der Waals surface area contributed by atoms with E-state index >= 15 is 0 Å². The highest BCUT2D eigenvalue weighted by Gasteiger charge is 2.20. The van der Waals surface area contributed by atoms with Gasteiger partial charge in [0, 0.05) is 48.2 Å². The normalized spacial score (nSPS) is 14.8. The first-order valence-electron chi connectivity index (χ1n) is 7.80. The number of piperazine rings is 1. The monoisotopic (exact) mass is 338 g/mol. The summed E-state index contributed by atoms with van der Waals surface area (Å²) in [6.45, 7) is 4.81. The molecular formula is C18H18N4OS. The largest absolute Gasteiger partial charge is 0.353 e. The molecule has 2 aromatic rings. The molecule has 5 nitrogen and oxygen atoms in total. The van der Waals surface area contributed by atoms with Gasteiger partial charge in [-0.05, 0) is 37.3 Å². The Morgan fingerprint density at radius 2 is 2.08 bits per heavy atom. The Labute approximate surface area is 145 Å². The third kappa shape index (κ3) is 3.81. The number of carbonyl (C=O) groups excluding carboxylic acids is 1. The first-order chi connectivity index (χ1) is 11.7. The number of aromatic nitrogens is 1. The molecule has 24 heavy (non-hydrogen) atoms. The maximum absolute atomic E-state index is 12.3. The van der Waals surface area contributed by atoms with Crippen molar-refractivity contribution in [1.29, 1.82) is 5.26 Å². The Morgan fingerprint density at radius 1 is 1.29 bits per heavy atom. The molecule has 0 saturated carbocycles. The van der Waals surface area contributed by atoms with Crippen LogP contribution in [0.25, 0.3) is 6.08 Å². The molecule has 6 heteroatoms. The van der Waals surface area contributed by atoms with Crippen LogP contribution in [0.5, 0.6) is 0 Å². The Balaban J connectivity index is 1.57. The Morgan fingerprint density at radius 3 is 2.75 bits per heavy atom. The summed E-state index contributed by atoms with van der Waals surface area (Å²) in [5, 5.41) is 8.97. The van der Waals surface area contributed by atoms with E-state index < -0.39 is 0 Å². The van der Waals surface area contributed by atoms with Crippen molar-refractivity contribution < 1.29 is 4.79 Å². The lowest BCUT2D eigenvalue weighted by molar-refractivity contribution is -0.126. The number of anilines is 1. The molecule has 122 valence electrons. The lowest BCUT2D eigenvalue weighted by Crippen LogP contribution is -2.48. The quantitative estimate of drug-likeness (QED) is 0.807. The number of pyridine rings is 1. The van der Waals surface area contributed by atoms with Gasteiger partial charge in [-0.25, -0.2) is 4.98 Å². The minimum atomic E-state index is 0.0411. The third-order valence-corrected chi connectivity index (χ3v) is 4.91. The molecule has 2 aromatic heterocycles. The highest BCUT2D eigenvalue weighted by atomic mass is 32.1. The molecule has 3 rings (SSSR count). The summed E-state index contributed by atoms with van der Waals surface area (Å²) in [4.78, 5) is 22.9. The highest BCUT2D eigenvalue weighted by molar-refractivity contribution is 7.12. The van der Waals surface area contributed by atoms with Crippen LogP contribution in [0.4, 0.5) is 5.82 Å². The molecule has 0 atom stereocenters. The maximum Gasteiger partial charge on any atom is 0.246 e. The number of hydrogen-bond donors (Lipinski definition) is 0. The number of nitrogens with zero attached hydrogens (tertiary/aromatic N) is 4. The predicted octanol–water partition coefficient (Wildman–Crippen LogP) is 2.69. The number of nitriles is 1. The van der Waals surface area contributed by atoms with Crippen molar-refractivity contribution in [3.8, 4) is 6.07 Å². The number of thiophene rings is 1. The van der Waals surface area contributed by atoms with Crippen molar-refractivity contribution in [3.05, 3.63) is 51.9 Å². The van der Waals surface area contributed by atoms with Gasteiger partial charge in [-0.2, -0.15) is 5.26 Å². The summed E-state index contributed by atoms with van der Waals surface area (Å²) in [6.07, 6.45) is 5.18. The van der Waals surface area contributed by atoms with Crippen molar-refractivity contribution >= 4 is 29.1 Å². The second-order valence-corrected chi connectivity index (χ2v) is 6.93. The van der Waals surface area contributed by atoms with Gasteiger partial charge in [0.25, 0.3) is 0 Å². The molecule has 1 aliphatic rings. The topological polar surface area (TPSA) is 60.2 Å². The van der Waals surface area contributed by atoms with Crippen molar-refractivity contribution in [2.24, 2.45) is 0 Å². The molecule has 0 bridgehead atoms. The highest BCUT2D eigenvalue weighted by Crippen LogP contribution is 2.17. The zero-order chi connectivity index (χ0) is 16.9. The van der Waals surface area contributed by atoms with Crippen LogP contribution < -0.4 is 4.90 Å². The van der Waals surface area contributed by atoms with Gasteiger partial charge in [0.1, 0.15) is 5.82 Å². The average molecular weight is 338 g/mol. The fourth-order valence-corrected chi connectivity index (χ4v) is 3.40. The third-order valence-electron chi connectivity index (χ3n) is 3.94. The van der Waals surface area contributed by atoms with Crippen LogP contribution in [0.2, 0.25) is 0 Å². The van der Waals surface area contributed by atoms with E-state index in [-0.39, 0.29) is 5.91 Å². The van der Waals surface area contributed by atoms with Gasteiger partial charge >= 0.3 is 0 Å². The van der Waals surface area contributed by atoms with E-state index in [0.717, 1.165) is 23.8 Å². The smallest absolute Gasteiger partial charge is 0.246 e. The first-order valence-corrected chi connectivity index (χ1v) is 8.62. The average Bonchev–Trinajstić information content (AvgIpc) is 3.05. The molecule has 0 unspecified atom stereocenters. The van der Waals surface area contributed by atoms with E-state index in [1.165, 1.54) is 4.88 Å². The van der Waals surface area contributed by atoms with Gasteiger partial charge in [0.05, 0.1) is 11.6 Å². The first kappa shape index (κ1) is 16.2. The second-order valence-electron chi connectivity index (χ2n) is 5.61. The number of aryl methyl sites for hydroxylation is 1. The zero-order valence-electron chi connectivity index (χ0n) is 13.5. The minimum Gasteiger partial charge on any atom is -0.353 e. The Kier molecular flexibility index (Phi) is 4.92. The molecule has 0 radical (unpaired) electrons. The summed E-state index contributed by atoms with van der Waals surface area (Å²) >= 11 is 1.68. The van der Waals surface area contributed by atoms with E-state index in [1.54, 1.807) is 35.7 Å². The lowest BCUT2D eigenvalue weighted by Gasteiger charge is -2.35. The SMILES string of the molecule is Cc1ccc(C=CC(=O)N2CCN(c3cc(C#N)ccn3)CC2)s1. The van der Waals surface area contributed by atoms with Gasteiger partial charge in [0.15, 0.2) is 0 Å². The van der Waals surface area contributed by atoms with Crippen molar-refractivity contribution in [2.45, 2.75) is 6.92 Å². The fourth-order valence-electron chi connectivity index (χ4n) is 2.62. The van der Waals surface area contributed by atoms with Crippen molar-refractivity contribution in [3.63, 3.8) is 0 Å². The predicted molar refractivity (Wildman–Crippen MR) is 95.8 cm³/mol. The molecule has 0 aliphatic carbocycles. The Bertz CT molecular complexity index is 797. The molecule has 0 aromatic carbocycles. The summed E-state index contributed by atoms with van der Waals surface area (Å²) in [5.41, 5.74) is 0.604. The molecule has 1 amide bonds. The van der Waals surface area contributed by atoms with Crippen LogP contribution in [-0.2, 0) is 4.79 Å². The summed E-state index contributed by atoms with van der Waals surface area (Å²) in [6, 6.07) is 9.69. The second kappa shape index (κ2) is 7.28. The Hall–Kier alpha value is -2.65. The fraction of sp³-hybridized carbons (Fsp3) is 0.278. The van der Waals surface area contributed by atoms with Crippen LogP contribution in [0.3, 0.4) is 0 Å². The van der Waals surface area contributed by atoms with E-state index in [9.17, 15) is 4.79 Å². The van der Waals surface area contributed by atoms with Crippen LogP contribution in [0.1, 0.15) is 15.3 Å². The molecule has 0 N–H and O–H groups in total. The van der Waals surface area contributed by atoms with Crippen molar-refractivity contribution in [1.82, 2.24) is 9.88 Å². The molecule has 0 spiro atoms. The standard InChI is InChI=1S/C18H18N4OS/c1-14-2-3-16(24-14)4-5-18(23)22-10-8-21(9-11-22)17-12-15(13-19)6-7-20-17/h2-7,12H,8-11H2,1H3.